The average molecular weight is 331 g/mol. The number of carbonyl (C=O) groups excluding carboxylic acids is 1. The zero-order chi connectivity index (χ0) is 15.9. The molecule has 0 spiro atoms. The number of carbonyl (C=O) groups is 1. The van der Waals surface area contributed by atoms with Gasteiger partial charge in [0.15, 0.2) is 5.82 Å². The molecule has 0 radical (unpaired) electrons. The monoisotopic (exact) mass is 331 g/mol. The van der Waals surface area contributed by atoms with E-state index < -0.39 is 0 Å². The van der Waals surface area contributed by atoms with E-state index in [1.54, 1.807) is 11.3 Å². The van der Waals surface area contributed by atoms with Gasteiger partial charge in [-0.05, 0) is 55.0 Å². The molecule has 5 nitrogen and oxygen atoms in total. The lowest BCUT2D eigenvalue weighted by molar-refractivity contribution is -0.132. The smallest absolute Gasteiger partial charge is 0.234 e. The highest BCUT2D eigenvalue weighted by atomic mass is 32.1. The van der Waals surface area contributed by atoms with E-state index in [4.69, 9.17) is 4.52 Å². The van der Waals surface area contributed by atoms with Crippen LogP contribution >= 0.6 is 11.3 Å². The Bertz CT molecular complexity index is 693. The summed E-state index contributed by atoms with van der Waals surface area (Å²) in [5, 5.41) is 8.20. The molecule has 6 heteroatoms. The maximum atomic E-state index is 12.6. The van der Waals surface area contributed by atoms with Gasteiger partial charge in [0.2, 0.25) is 11.8 Å². The summed E-state index contributed by atoms with van der Waals surface area (Å²) in [6.07, 6.45) is 4.78. The maximum absolute atomic E-state index is 12.6. The van der Waals surface area contributed by atoms with Crippen molar-refractivity contribution in [3.05, 3.63) is 34.1 Å². The van der Waals surface area contributed by atoms with Gasteiger partial charge >= 0.3 is 0 Å². The minimum atomic E-state index is -0.220. The highest BCUT2D eigenvalue weighted by Crippen LogP contribution is 2.40. The summed E-state index contributed by atoms with van der Waals surface area (Å²) in [4.78, 5) is 19.2. The van der Waals surface area contributed by atoms with Crippen molar-refractivity contribution >= 4 is 17.2 Å². The lowest BCUT2D eigenvalue weighted by atomic mass is 9.81. The van der Waals surface area contributed by atoms with Gasteiger partial charge in [-0.2, -0.15) is 16.3 Å². The second-order valence-corrected chi connectivity index (χ2v) is 7.80. The lowest BCUT2D eigenvalue weighted by Crippen LogP contribution is -2.47. The molecule has 23 heavy (non-hydrogen) atoms. The fourth-order valence-corrected chi connectivity index (χ4v) is 3.96. The molecule has 0 aromatic carbocycles. The fraction of sp³-hybridized carbons (Fsp3) is 0.588. The summed E-state index contributed by atoms with van der Waals surface area (Å²) in [7, 11) is 0. The zero-order valence-corrected chi connectivity index (χ0v) is 14.1. The second kappa shape index (κ2) is 5.74. The molecule has 1 unspecified atom stereocenters. The zero-order valence-electron chi connectivity index (χ0n) is 13.3. The maximum Gasteiger partial charge on any atom is 0.234 e. The van der Waals surface area contributed by atoms with E-state index in [1.165, 1.54) is 12.8 Å². The van der Waals surface area contributed by atoms with Crippen molar-refractivity contribution in [3.63, 3.8) is 0 Å². The minimum absolute atomic E-state index is 0.191. The standard InChI is InChI=1S/C17H21N3O2S/c1-17(16-18-15(19-22-16)13-3-4-13)6-2-7-20(11-17)14(21)9-12-5-8-23-10-12/h5,8,10,13H,2-4,6-7,9,11H2,1H3. The predicted octanol–water partition coefficient (Wildman–Crippen LogP) is 3.13. The molecular formula is C17H21N3O2S. The first-order valence-electron chi connectivity index (χ1n) is 8.27. The third-order valence-electron chi connectivity index (χ3n) is 4.89. The third kappa shape index (κ3) is 3.04. The Morgan fingerprint density at radius 3 is 3.13 bits per heavy atom. The summed E-state index contributed by atoms with van der Waals surface area (Å²) >= 11 is 1.63. The summed E-state index contributed by atoms with van der Waals surface area (Å²) in [6, 6.07) is 2.02. The Labute approximate surface area is 139 Å². The second-order valence-electron chi connectivity index (χ2n) is 7.02. The van der Waals surface area contributed by atoms with Gasteiger partial charge in [-0.3, -0.25) is 4.79 Å². The topological polar surface area (TPSA) is 59.2 Å². The van der Waals surface area contributed by atoms with Gasteiger partial charge < -0.3 is 9.42 Å². The van der Waals surface area contributed by atoms with Crippen molar-refractivity contribution in [3.8, 4) is 0 Å². The SMILES string of the molecule is CC1(c2nc(C3CC3)no2)CCCN(C(=O)Cc2ccsc2)C1. The molecular weight excluding hydrogens is 310 g/mol. The first-order chi connectivity index (χ1) is 11.1. The van der Waals surface area contributed by atoms with Gasteiger partial charge in [0.1, 0.15) is 0 Å². The van der Waals surface area contributed by atoms with Crippen molar-refractivity contribution in [1.82, 2.24) is 15.0 Å². The molecule has 4 rings (SSSR count). The fourth-order valence-electron chi connectivity index (χ4n) is 3.29. The van der Waals surface area contributed by atoms with Gasteiger partial charge in [0, 0.05) is 19.0 Å². The lowest BCUT2D eigenvalue weighted by Gasteiger charge is -2.38. The van der Waals surface area contributed by atoms with Crippen LogP contribution in [0.15, 0.2) is 21.3 Å². The predicted molar refractivity (Wildman–Crippen MR) is 87.5 cm³/mol. The molecule has 1 saturated carbocycles. The van der Waals surface area contributed by atoms with E-state index >= 15 is 0 Å². The molecule has 2 aromatic rings. The molecule has 0 N–H and O–H groups in total. The van der Waals surface area contributed by atoms with Crippen molar-refractivity contribution < 1.29 is 9.32 Å². The molecule has 2 aromatic heterocycles. The Morgan fingerprint density at radius 2 is 2.39 bits per heavy atom. The highest BCUT2D eigenvalue weighted by molar-refractivity contribution is 7.07. The van der Waals surface area contributed by atoms with Crippen LogP contribution in [0, 0.1) is 0 Å². The van der Waals surface area contributed by atoms with Crippen molar-refractivity contribution in [2.45, 2.75) is 50.4 Å². The molecule has 2 aliphatic rings. The molecule has 1 atom stereocenters. The van der Waals surface area contributed by atoms with Crippen LogP contribution < -0.4 is 0 Å². The van der Waals surface area contributed by atoms with E-state index in [9.17, 15) is 4.79 Å². The number of likely N-dealkylation sites (tertiary alicyclic amines) is 1. The molecule has 1 aliphatic carbocycles. The van der Waals surface area contributed by atoms with E-state index in [2.05, 4.69) is 17.1 Å². The van der Waals surface area contributed by atoms with Crippen LogP contribution in [-0.4, -0.2) is 34.0 Å². The summed E-state index contributed by atoms with van der Waals surface area (Å²) in [5.74, 6) is 2.24. The van der Waals surface area contributed by atoms with Crippen molar-refractivity contribution in [2.75, 3.05) is 13.1 Å². The third-order valence-corrected chi connectivity index (χ3v) is 5.62. The number of rotatable bonds is 4. The van der Waals surface area contributed by atoms with Crippen LogP contribution in [0.25, 0.3) is 0 Å². The molecule has 0 bridgehead atoms. The number of nitrogens with zero attached hydrogens (tertiary/aromatic N) is 3. The number of hydrogen-bond acceptors (Lipinski definition) is 5. The molecule has 2 fully saturated rings. The molecule has 1 aliphatic heterocycles. The van der Waals surface area contributed by atoms with E-state index in [1.807, 2.05) is 21.7 Å². The molecule has 1 saturated heterocycles. The van der Waals surface area contributed by atoms with Gasteiger partial charge in [-0.25, -0.2) is 0 Å². The van der Waals surface area contributed by atoms with Crippen LogP contribution in [0.1, 0.15) is 55.8 Å². The van der Waals surface area contributed by atoms with E-state index in [-0.39, 0.29) is 11.3 Å². The van der Waals surface area contributed by atoms with E-state index in [0.29, 0.717) is 24.8 Å². The largest absolute Gasteiger partial charge is 0.341 e. The number of piperidine rings is 1. The van der Waals surface area contributed by atoms with Crippen LogP contribution in [0.4, 0.5) is 0 Å². The van der Waals surface area contributed by atoms with Gasteiger partial charge in [0.25, 0.3) is 0 Å². The Balaban J connectivity index is 1.47. The van der Waals surface area contributed by atoms with Crippen LogP contribution in [0.2, 0.25) is 0 Å². The average Bonchev–Trinajstić information content (AvgIpc) is 3.05. The Kier molecular flexibility index (Phi) is 3.71. The van der Waals surface area contributed by atoms with Crippen LogP contribution in [0.5, 0.6) is 0 Å². The van der Waals surface area contributed by atoms with E-state index in [0.717, 1.165) is 30.8 Å². The minimum Gasteiger partial charge on any atom is -0.341 e. The molecule has 3 heterocycles. The quantitative estimate of drug-likeness (QED) is 0.863. The summed E-state index contributed by atoms with van der Waals surface area (Å²) in [5.41, 5.74) is 0.879. The molecule has 122 valence electrons. The van der Waals surface area contributed by atoms with Crippen molar-refractivity contribution in [2.24, 2.45) is 0 Å². The van der Waals surface area contributed by atoms with Gasteiger partial charge in [-0.15, -0.1) is 0 Å². The highest BCUT2D eigenvalue weighted by Gasteiger charge is 2.40. The number of thiophene rings is 1. The first-order valence-corrected chi connectivity index (χ1v) is 9.21. The number of aromatic nitrogens is 2. The number of hydrogen-bond donors (Lipinski definition) is 0. The normalized spacial score (nSPS) is 24.8. The van der Waals surface area contributed by atoms with Gasteiger partial charge in [0.05, 0.1) is 11.8 Å². The Morgan fingerprint density at radius 1 is 1.52 bits per heavy atom. The number of amides is 1. The van der Waals surface area contributed by atoms with Gasteiger partial charge in [-0.1, -0.05) is 5.16 Å². The summed E-state index contributed by atoms with van der Waals surface area (Å²) < 4.78 is 5.54. The van der Waals surface area contributed by atoms with Crippen molar-refractivity contribution in [1.29, 1.82) is 0 Å². The van der Waals surface area contributed by atoms with Crippen LogP contribution in [0.3, 0.4) is 0 Å². The Hall–Kier alpha value is -1.69. The van der Waals surface area contributed by atoms with Crippen LogP contribution in [-0.2, 0) is 16.6 Å². The molecule has 1 amide bonds. The summed E-state index contributed by atoms with van der Waals surface area (Å²) in [6.45, 7) is 3.63. The first kappa shape index (κ1) is 14.9.